The second kappa shape index (κ2) is 9.31. The molecule has 5 heteroatoms. The molecule has 0 aliphatic heterocycles. The van der Waals surface area contributed by atoms with Crippen LogP contribution in [0.15, 0.2) is 54.6 Å². The molecule has 1 aromatic heterocycles. The molecule has 0 saturated heterocycles. The Morgan fingerprint density at radius 1 is 1.04 bits per heavy atom. The van der Waals surface area contributed by atoms with Crippen molar-refractivity contribution in [2.45, 2.75) is 40.0 Å². The quantitative estimate of drug-likeness (QED) is 0.643. The molecule has 0 spiro atoms. The lowest BCUT2D eigenvalue weighted by molar-refractivity contribution is 0.0941. The first-order valence-electron chi connectivity index (χ1n) is 9.88. The van der Waals surface area contributed by atoms with E-state index in [1.54, 1.807) is 0 Å². The third-order valence-electron chi connectivity index (χ3n) is 4.71. The number of nitrogens with zero attached hydrogens (tertiary/aromatic N) is 3. The summed E-state index contributed by atoms with van der Waals surface area (Å²) in [5, 5.41) is 7.48. The zero-order valence-corrected chi connectivity index (χ0v) is 16.9. The smallest absolute Gasteiger partial charge is 0.290 e. The first-order valence-corrected chi connectivity index (χ1v) is 9.88. The minimum atomic E-state index is -0.214. The zero-order chi connectivity index (χ0) is 19.9. The fraction of sp³-hybridized carbons (Fsp3) is 0.348. The molecule has 0 bridgehead atoms. The van der Waals surface area contributed by atoms with E-state index in [1.165, 1.54) is 5.56 Å². The van der Waals surface area contributed by atoms with Gasteiger partial charge in [-0.05, 0) is 42.9 Å². The van der Waals surface area contributed by atoms with Crippen molar-refractivity contribution in [1.29, 1.82) is 0 Å². The standard InChI is InChI=1S/C23H28N4O/c1-17(2)15-16-24-23(28)22-25-21(14-13-19-10-5-4-6-11-19)27(26-22)20-12-8-7-9-18(20)3/h4-12,17H,13-16H2,1-3H3,(H,24,28). The van der Waals surface area contributed by atoms with Crippen molar-refractivity contribution >= 4 is 5.91 Å². The topological polar surface area (TPSA) is 59.8 Å². The number of amides is 1. The van der Waals surface area contributed by atoms with Crippen LogP contribution in [-0.2, 0) is 12.8 Å². The number of nitrogens with one attached hydrogen (secondary N) is 1. The number of carbonyl (C=O) groups is 1. The lowest BCUT2D eigenvalue weighted by Gasteiger charge is -2.08. The third kappa shape index (κ3) is 5.06. The SMILES string of the molecule is Cc1ccccc1-n1nc(C(=O)NCCC(C)C)nc1CCc1ccccc1. The molecule has 3 rings (SSSR count). The van der Waals surface area contributed by atoms with Gasteiger partial charge in [0.25, 0.3) is 5.91 Å². The zero-order valence-electron chi connectivity index (χ0n) is 16.9. The molecule has 146 valence electrons. The maximum Gasteiger partial charge on any atom is 0.290 e. The average molecular weight is 377 g/mol. The van der Waals surface area contributed by atoms with E-state index >= 15 is 0 Å². The highest BCUT2D eigenvalue weighted by Gasteiger charge is 2.18. The van der Waals surface area contributed by atoms with Crippen LogP contribution < -0.4 is 5.32 Å². The summed E-state index contributed by atoms with van der Waals surface area (Å²) in [6.45, 7) is 6.95. The van der Waals surface area contributed by atoms with Gasteiger partial charge >= 0.3 is 0 Å². The summed E-state index contributed by atoms with van der Waals surface area (Å²) >= 11 is 0. The number of rotatable bonds is 8. The van der Waals surface area contributed by atoms with Gasteiger partial charge < -0.3 is 5.32 Å². The van der Waals surface area contributed by atoms with E-state index < -0.39 is 0 Å². The second-order valence-corrected chi connectivity index (χ2v) is 7.47. The number of hydrogen-bond acceptors (Lipinski definition) is 3. The van der Waals surface area contributed by atoms with Crippen molar-refractivity contribution < 1.29 is 4.79 Å². The molecule has 0 aliphatic rings. The fourth-order valence-corrected chi connectivity index (χ4v) is 3.05. The summed E-state index contributed by atoms with van der Waals surface area (Å²) in [6.07, 6.45) is 2.50. The van der Waals surface area contributed by atoms with Gasteiger partial charge in [-0.25, -0.2) is 9.67 Å². The molecule has 0 unspecified atom stereocenters. The molecule has 5 nitrogen and oxygen atoms in total. The molecule has 1 N–H and O–H groups in total. The Kier molecular flexibility index (Phi) is 6.58. The number of para-hydroxylation sites is 1. The predicted octanol–water partition coefficient (Wildman–Crippen LogP) is 4.14. The number of carbonyl (C=O) groups excluding carboxylic acids is 1. The van der Waals surface area contributed by atoms with Crippen LogP contribution in [0.2, 0.25) is 0 Å². The summed E-state index contributed by atoms with van der Waals surface area (Å²) in [5.41, 5.74) is 3.30. The van der Waals surface area contributed by atoms with Crippen molar-refractivity contribution in [2.24, 2.45) is 5.92 Å². The highest BCUT2D eigenvalue weighted by Crippen LogP contribution is 2.16. The van der Waals surface area contributed by atoms with Crippen LogP contribution in [0.25, 0.3) is 5.69 Å². The summed E-state index contributed by atoms with van der Waals surface area (Å²) < 4.78 is 1.82. The lowest BCUT2D eigenvalue weighted by atomic mass is 10.1. The van der Waals surface area contributed by atoms with E-state index in [1.807, 2.05) is 54.1 Å². The molecule has 1 heterocycles. The Morgan fingerprint density at radius 3 is 2.46 bits per heavy atom. The van der Waals surface area contributed by atoms with Gasteiger partial charge in [-0.2, -0.15) is 0 Å². The molecule has 0 fully saturated rings. The largest absolute Gasteiger partial charge is 0.349 e. The van der Waals surface area contributed by atoms with Gasteiger partial charge in [0, 0.05) is 13.0 Å². The molecule has 0 saturated carbocycles. The molecule has 2 aromatic carbocycles. The van der Waals surface area contributed by atoms with Crippen molar-refractivity contribution in [2.75, 3.05) is 6.54 Å². The van der Waals surface area contributed by atoms with Gasteiger partial charge in [0.15, 0.2) is 0 Å². The van der Waals surface area contributed by atoms with E-state index in [0.29, 0.717) is 18.9 Å². The van der Waals surface area contributed by atoms with E-state index in [-0.39, 0.29) is 11.7 Å². The molecule has 0 radical (unpaired) electrons. The molecule has 0 atom stereocenters. The summed E-state index contributed by atoms with van der Waals surface area (Å²) in [6, 6.07) is 18.3. The number of aromatic nitrogens is 3. The first-order chi connectivity index (χ1) is 13.5. The Morgan fingerprint density at radius 2 is 1.75 bits per heavy atom. The Hall–Kier alpha value is -2.95. The highest BCUT2D eigenvalue weighted by atomic mass is 16.2. The Labute approximate surface area is 166 Å². The van der Waals surface area contributed by atoms with Crippen molar-refractivity contribution in [3.63, 3.8) is 0 Å². The molecule has 28 heavy (non-hydrogen) atoms. The van der Waals surface area contributed by atoms with Gasteiger partial charge in [0.1, 0.15) is 5.82 Å². The fourth-order valence-electron chi connectivity index (χ4n) is 3.05. The van der Waals surface area contributed by atoms with Crippen LogP contribution in [-0.4, -0.2) is 27.2 Å². The monoisotopic (exact) mass is 376 g/mol. The molecule has 3 aromatic rings. The van der Waals surface area contributed by atoms with Crippen LogP contribution in [0.4, 0.5) is 0 Å². The summed E-state index contributed by atoms with van der Waals surface area (Å²) in [5.74, 6) is 1.36. The van der Waals surface area contributed by atoms with Crippen LogP contribution in [0.5, 0.6) is 0 Å². The average Bonchev–Trinajstić information content (AvgIpc) is 3.11. The maximum absolute atomic E-state index is 12.5. The van der Waals surface area contributed by atoms with E-state index in [0.717, 1.165) is 29.9 Å². The van der Waals surface area contributed by atoms with Crippen LogP contribution in [0, 0.1) is 12.8 Å². The first kappa shape index (κ1) is 19.8. The molecule has 1 amide bonds. The van der Waals surface area contributed by atoms with Gasteiger partial charge in [-0.15, -0.1) is 5.10 Å². The van der Waals surface area contributed by atoms with Crippen molar-refractivity contribution in [3.8, 4) is 5.69 Å². The molecular weight excluding hydrogens is 348 g/mol. The van der Waals surface area contributed by atoms with E-state index in [9.17, 15) is 4.79 Å². The van der Waals surface area contributed by atoms with Gasteiger partial charge in [-0.3, -0.25) is 4.79 Å². The predicted molar refractivity (Wildman–Crippen MR) is 112 cm³/mol. The van der Waals surface area contributed by atoms with Crippen LogP contribution in [0.1, 0.15) is 47.8 Å². The summed E-state index contributed by atoms with van der Waals surface area (Å²) in [7, 11) is 0. The summed E-state index contributed by atoms with van der Waals surface area (Å²) in [4.78, 5) is 17.1. The van der Waals surface area contributed by atoms with Gasteiger partial charge in [0.2, 0.25) is 5.82 Å². The Balaban J connectivity index is 1.84. The minimum absolute atomic E-state index is 0.214. The van der Waals surface area contributed by atoms with Crippen molar-refractivity contribution in [1.82, 2.24) is 20.1 Å². The van der Waals surface area contributed by atoms with Gasteiger partial charge in [-0.1, -0.05) is 62.4 Å². The van der Waals surface area contributed by atoms with Gasteiger partial charge in [0.05, 0.1) is 5.69 Å². The highest BCUT2D eigenvalue weighted by molar-refractivity contribution is 5.90. The third-order valence-corrected chi connectivity index (χ3v) is 4.71. The molecule has 0 aliphatic carbocycles. The van der Waals surface area contributed by atoms with Crippen molar-refractivity contribution in [3.05, 3.63) is 77.4 Å². The molecular formula is C23H28N4O. The lowest BCUT2D eigenvalue weighted by Crippen LogP contribution is -2.26. The number of benzene rings is 2. The van der Waals surface area contributed by atoms with E-state index in [2.05, 4.69) is 41.4 Å². The number of hydrogen-bond donors (Lipinski definition) is 1. The van der Waals surface area contributed by atoms with E-state index in [4.69, 9.17) is 0 Å². The van der Waals surface area contributed by atoms with Crippen LogP contribution >= 0.6 is 0 Å². The minimum Gasteiger partial charge on any atom is -0.349 e. The normalized spacial score (nSPS) is 11.0. The Bertz CT molecular complexity index is 915. The number of aryl methyl sites for hydroxylation is 3. The maximum atomic E-state index is 12.5. The van der Waals surface area contributed by atoms with Crippen LogP contribution in [0.3, 0.4) is 0 Å². The second-order valence-electron chi connectivity index (χ2n) is 7.47.